The lowest BCUT2D eigenvalue weighted by molar-refractivity contribution is 0.471. The second-order valence-electron chi connectivity index (χ2n) is 4.82. The van der Waals surface area contributed by atoms with Crippen LogP contribution >= 0.6 is 15.9 Å². The zero-order chi connectivity index (χ0) is 15.6. The van der Waals surface area contributed by atoms with E-state index in [9.17, 15) is 8.42 Å². The van der Waals surface area contributed by atoms with Crippen molar-refractivity contribution >= 4 is 25.8 Å². The molecule has 0 aromatic heterocycles. The summed E-state index contributed by atoms with van der Waals surface area (Å²) in [6.07, 6.45) is 0. The van der Waals surface area contributed by atoms with Gasteiger partial charge in [-0.15, -0.1) is 0 Å². The van der Waals surface area contributed by atoms with E-state index in [1.807, 2.05) is 32.0 Å². The van der Waals surface area contributed by atoms with Gasteiger partial charge in [-0.3, -0.25) is 0 Å². The van der Waals surface area contributed by atoms with Crippen LogP contribution in [0.25, 0.3) is 0 Å². The molecule has 112 valence electrons. The van der Waals surface area contributed by atoms with Gasteiger partial charge in [0.05, 0.1) is 15.1 Å². The van der Waals surface area contributed by atoms with Crippen LogP contribution in [0.1, 0.15) is 18.1 Å². The predicted molar refractivity (Wildman–Crippen MR) is 87.9 cm³/mol. The lowest BCUT2D eigenvalue weighted by Gasteiger charge is -2.13. The van der Waals surface area contributed by atoms with Crippen LogP contribution < -0.4 is 4.74 Å². The standard InChI is InChI=1S/C16H17BrO3S/c1-4-21(18,19)13-8-9-15(14(17)10-13)20-16-11(2)6-5-7-12(16)3/h5-10H,4H2,1-3H3. The van der Waals surface area contributed by atoms with Gasteiger partial charge >= 0.3 is 0 Å². The van der Waals surface area contributed by atoms with Gasteiger partial charge in [-0.1, -0.05) is 25.1 Å². The molecule has 21 heavy (non-hydrogen) atoms. The van der Waals surface area contributed by atoms with Gasteiger partial charge in [0.25, 0.3) is 0 Å². The van der Waals surface area contributed by atoms with Gasteiger partial charge in [0.1, 0.15) is 11.5 Å². The van der Waals surface area contributed by atoms with Gasteiger partial charge in [0.15, 0.2) is 9.84 Å². The van der Waals surface area contributed by atoms with Crippen LogP contribution in [0.3, 0.4) is 0 Å². The Balaban J connectivity index is 2.39. The number of rotatable bonds is 4. The van der Waals surface area contributed by atoms with E-state index in [0.717, 1.165) is 16.9 Å². The predicted octanol–water partition coefficient (Wildman–Crippen LogP) is 4.65. The van der Waals surface area contributed by atoms with E-state index >= 15 is 0 Å². The number of hydrogen-bond donors (Lipinski definition) is 0. The summed E-state index contributed by atoms with van der Waals surface area (Å²) in [5.41, 5.74) is 2.07. The smallest absolute Gasteiger partial charge is 0.178 e. The fourth-order valence-electron chi connectivity index (χ4n) is 1.99. The summed E-state index contributed by atoms with van der Waals surface area (Å²) in [7, 11) is -3.21. The quantitative estimate of drug-likeness (QED) is 0.788. The SMILES string of the molecule is CCS(=O)(=O)c1ccc(Oc2c(C)cccc2C)c(Br)c1. The van der Waals surface area contributed by atoms with Crippen molar-refractivity contribution in [2.75, 3.05) is 5.75 Å². The molecule has 0 fully saturated rings. The molecule has 0 unspecified atom stereocenters. The second kappa shape index (κ2) is 6.20. The van der Waals surface area contributed by atoms with Crippen molar-refractivity contribution < 1.29 is 13.2 Å². The zero-order valence-corrected chi connectivity index (χ0v) is 14.6. The highest BCUT2D eigenvalue weighted by Gasteiger charge is 2.15. The molecular weight excluding hydrogens is 352 g/mol. The molecule has 5 heteroatoms. The van der Waals surface area contributed by atoms with Crippen molar-refractivity contribution in [1.29, 1.82) is 0 Å². The molecular formula is C16H17BrO3S. The number of halogens is 1. The van der Waals surface area contributed by atoms with Crippen LogP contribution in [0.2, 0.25) is 0 Å². The number of para-hydroxylation sites is 1. The molecule has 0 aliphatic rings. The highest BCUT2D eigenvalue weighted by molar-refractivity contribution is 9.10. The molecule has 0 saturated carbocycles. The van der Waals surface area contributed by atoms with E-state index in [2.05, 4.69) is 15.9 Å². The maximum atomic E-state index is 11.9. The topological polar surface area (TPSA) is 43.4 Å². The molecule has 0 aliphatic heterocycles. The highest BCUT2D eigenvalue weighted by atomic mass is 79.9. The Bertz CT molecular complexity index is 747. The van der Waals surface area contributed by atoms with E-state index < -0.39 is 9.84 Å². The van der Waals surface area contributed by atoms with Crippen LogP contribution in [0.5, 0.6) is 11.5 Å². The minimum absolute atomic E-state index is 0.0799. The number of aryl methyl sites for hydroxylation is 2. The summed E-state index contributed by atoms with van der Waals surface area (Å²) in [6, 6.07) is 10.8. The van der Waals surface area contributed by atoms with E-state index in [1.165, 1.54) is 0 Å². The monoisotopic (exact) mass is 368 g/mol. The van der Waals surface area contributed by atoms with Crippen molar-refractivity contribution in [3.63, 3.8) is 0 Å². The first-order valence-electron chi connectivity index (χ1n) is 6.61. The van der Waals surface area contributed by atoms with E-state index in [4.69, 9.17) is 4.74 Å². The molecule has 0 heterocycles. The molecule has 3 nitrogen and oxygen atoms in total. The Morgan fingerprint density at radius 2 is 1.71 bits per heavy atom. The van der Waals surface area contributed by atoms with Gasteiger partial charge < -0.3 is 4.74 Å². The Labute approximate surface area is 134 Å². The summed E-state index contributed by atoms with van der Waals surface area (Å²) in [6.45, 7) is 5.59. The number of ether oxygens (including phenoxy) is 1. The Hall–Kier alpha value is -1.33. The fourth-order valence-corrected chi connectivity index (χ4v) is 3.51. The fraction of sp³-hybridized carbons (Fsp3) is 0.250. The first kappa shape index (κ1) is 16.0. The van der Waals surface area contributed by atoms with Gasteiger partial charge in [-0.25, -0.2) is 8.42 Å². The molecule has 0 N–H and O–H groups in total. The molecule has 2 aromatic carbocycles. The van der Waals surface area contributed by atoms with Crippen LogP contribution in [0.15, 0.2) is 45.8 Å². The van der Waals surface area contributed by atoms with Crippen LogP contribution in [-0.4, -0.2) is 14.2 Å². The normalized spacial score (nSPS) is 11.4. The van der Waals surface area contributed by atoms with Crippen molar-refractivity contribution in [3.8, 4) is 11.5 Å². The third-order valence-corrected chi connectivity index (χ3v) is 5.62. The van der Waals surface area contributed by atoms with Crippen molar-refractivity contribution in [3.05, 3.63) is 52.0 Å². The first-order chi connectivity index (χ1) is 9.85. The van der Waals surface area contributed by atoms with E-state index in [1.54, 1.807) is 25.1 Å². The summed E-state index contributed by atoms with van der Waals surface area (Å²) >= 11 is 3.39. The minimum Gasteiger partial charge on any atom is -0.456 e. The summed E-state index contributed by atoms with van der Waals surface area (Å²) in [5.74, 6) is 1.48. The molecule has 0 saturated heterocycles. The molecule has 2 rings (SSSR count). The van der Waals surface area contributed by atoms with Gasteiger partial charge in [-0.2, -0.15) is 0 Å². The largest absolute Gasteiger partial charge is 0.456 e. The van der Waals surface area contributed by atoms with Gasteiger partial charge in [0, 0.05) is 0 Å². The lowest BCUT2D eigenvalue weighted by Crippen LogP contribution is -2.03. The van der Waals surface area contributed by atoms with Crippen LogP contribution in [-0.2, 0) is 9.84 Å². The van der Waals surface area contributed by atoms with Crippen LogP contribution in [0.4, 0.5) is 0 Å². The lowest BCUT2D eigenvalue weighted by atomic mass is 10.1. The van der Waals surface area contributed by atoms with Crippen molar-refractivity contribution in [2.24, 2.45) is 0 Å². The molecule has 0 radical (unpaired) electrons. The molecule has 0 spiro atoms. The highest BCUT2D eigenvalue weighted by Crippen LogP contribution is 2.34. The summed E-state index contributed by atoms with van der Waals surface area (Å²) in [4.78, 5) is 0.297. The Morgan fingerprint density at radius 1 is 1.10 bits per heavy atom. The maximum Gasteiger partial charge on any atom is 0.178 e. The van der Waals surface area contributed by atoms with E-state index in [0.29, 0.717) is 15.1 Å². The van der Waals surface area contributed by atoms with E-state index in [-0.39, 0.29) is 5.75 Å². The zero-order valence-electron chi connectivity index (χ0n) is 12.2. The number of hydrogen-bond acceptors (Lipinski definition) is 3. The van der Waals surface area contributed by atoms with Crippen molar-refractivity contribution in [2.45, 2.75) is 25.7 Å². The summed E-state index contributed by atoms with van der Waals surface area (Å²) in [5, 5.41) is 0. The molecule has 0 bridgehead atoms. The second-order valence-corrected chi connectivity index (χ2v) is 7.95. The minimum atomic E-state index is -3.21. The molecule has 0 aliphatic carbocycles. The van der Waals surface area contributed by atoms with Gasteiger partial charge in [-0.05, 0) is 59.1 Å². The summed E-state index contributed by atoms with van der Waals surface area (Å²) < 4.78 is 30.3. The first-order valence-corrected chi connectivity index (χ1v) is 9.06. The average Bonchev–Trinajstić information content (AvgIpc) is 2.44. The average molecular weight is 369 g/mol. The number of benzene rings is 2. The third kappa shape index (κ3) is 3.47. The van der Waals surface area contributed by atoms with Gasteiger partial charge in [0.2, 0.25) is 0 Å². The molecule has 0 amide bonds. The molecule has 0 atom stereocenters. The van der Waals surface area contributed by atoms with Crippen molar-refractivity contribution in [1.82, 2.24) is 0 Å². The number of sulfone groups is 1. The third-order valence-electron chi connectivity index (χ3n) is 3.26. The maximum absolute atomic E-state index is 11.9. The Kier molecular flexibility index (Phi) is 4.74. The van der Waals surface area contributed by atoms with Crippen LogP contribution in [0, 0.1) is 13.8 Å². The Morgan fingerprint density at radius 3 is 2.24 bits per heavy atom. The molecule has 2 aromatic rings.